The molecule has 3 aliphatic rings. The molecular formula is C13H24N2O. The first-order chi connectivity index (χ1) is 7.77. The maximum atomic E-state index is 6.09. The van der Waals surface area contributed by atoms with Crippen molar-refractivity contribution in [2.24, 2.45) is 5.73 Å². The normalized spacial score (nSPS) is 39.6. The van der Waals surface area contributed by atoms with Gasteiger partial charge in [-0.1, -0.05) is 12.8 Å². The second-order valence-electron chi connectivity index (χ2n) is 5.93. The van der Waals surface area contributed by atoms with Crippen LogP contribution >= 0.6 is 0 Å². The molecule has 0 amide bonds. The van der Waals surface area contributed by atoms with E-state index in [-0.39, 0.29) is 5.60 Å². The zero-order valence-electron chi connectivity index (χ0n) is 10.2. The van der Waals surface area contributed by atoms with E-state index >= 15 is 0 Å². The molecule has 0 bridgehead atoms. The van der Waals surface area contributed by atoms with Crippen LogP contribution in [0.25, 0.3) is 0 Å². The Morgan fingerprint density at radius 3 is 2.69 bits per heavy atom. The summed E-state index contributed by atoms with van der Waals surface area (Å²) in [4.78, 5) is 2.62. The van der Waals surface area contributed by atoms with Gasteiger partial charge in [0.05, 0.1) is 5.60 Å². The lowest BCUT2D eigenvalue weighted by Crippen LogP contribution is -2.47. The fourth-order valence-corrected chi connectivity index (χ4v) is 3.83. The molecule has 2 N–H and O–H groups in total. The molecular weight excluding hydrogens is 200 g/mol. The van der Waals surface area contributed by atoms with Gasteiger partial charge in [-0.15, -0.1) is 0 Å². The number of nitrogens with zero attached hydrogens (tertiary/aromatic N) is 1. The summed E-state index contributed by atoms with van der Waals surface area (Å²) in [5.74, 6) is 0. The molecule has 1 unspecified atom stereocenters. The smallest absolute Gasteiger partial charge is 0.0697 e. The molecule has 3 nitrogen and oxygen atoms in total. The molecule has 3 rings (SSSR count). The van der Waals surface area contributed by atoms with Gasteiger partial charge >= 0.3 is 0 Å². The first-order valence-electron chi connectivity index (χ1n) is 6.91. The molecule has 2 aliphatic heterocycles. The molecule has 3 heteroatoms. The Kier molecular flexibility index (Phi) is 2.94. The minimum absolute atomic E-state index is 0.260. The van der Waals surface area contributed by atoms with Crippen molar-refractivity contribution in [1.29, 1.82) is 0 Å². The van der Waals surface area contributed by atoms with Crippen LogP contribution in [-0.4, -0.2) is 42.3 Å². The third-order valence-electron chi connectivity index (χ3n) is 4.75. The number of nitrogens with two attached hydrogens (primary N) is 1. The van der Waals surface area contributed by atoms with Crippen LogP contribution < -0.4 is 5.73 Å². The van der Waals surface area contributed by atoms with Gasteiger partial charge in [0.25, 0.3) is 0 Å². The van der Waals surface area contributed by atoms with Gasteiger partial charge in [0, 0.05) is 31.8 Å². The van der Waals surface area contributed by atoms with Crippen LogP contribution in [0.1, 0.15) is 44.9 Å². The lowest BCUT2D eigenvalue weighted by atomic mass is 9.88. The maximum absolute atomic E-state index is 6.09. The minimum Gasteiger partial charge on any atom is -0.375 e. The average molecular weight is 224 g/mol. The third-order valence-corrected chi connectivity index (χ3v) is 4.75. The van der Waals surface area contributed by atoms with Crippen LogP contribution in [0.3, 0.4) is 0 Å². The van der Waals surface area contributed by atoms with Crippen LogP contribution in [0.4, 0.5) is 0 Å². The summed E-state index contributed by atoms with van der Waals surface area (Å²) >= 11 is 0. The lowest BCUT2D eigenvalue weighted by molar-refractivity contribution is -0.0992. The summed E-state index contributed by atoms with van der Waals surface area (Å²) in [6.45, 7) is 3.29. The highest BCUT2D eigenvalue weighted by molar-refractivity contribution is 4.96. The van der Waals surface area contributed by atoms with Gasteiger partial charge in [0.2, 0.25) is 0 Å². The van der Waals surface area contributed by atoms with Crippen molar-refractivity contribution in [2.75, 3.05) is 19.7 Å². The topological polar surface area (TPSA) is 38.5 Å². The Hall–Kier alpha value is -0.120. The van der Waals surface area contributed by atoms with E-state index in [1.807, 2.05) is 0 Å². The van der Waals surface area contributed by atoms with Gasteiger partial charge in [-0.2, -0.15) is 0 Å². The van der Waals surface area contributed by atoms with E-state index in [0.717, 1.165) is 19.2 Å². The fraction of sp³-hybridized carbons (Fsp3) is 1.00. The van der Waals surface area contributed by atoms with Gasteiger partial charge in [-0.25, -0.2) is 0 Å². The van der Waals surface area contributed by atoms with Crippen molar-refractivity contribution in [3.05, 3.63) is 0 Å². The van der Waals surface area contributed by atoms with Crippen LogP contribution in [0, 0.1) is 0 Å². The molecule has 1 spiro atoms. The summed E-state index contributed by atoms with van der Waals surface area (Å²) in [5, 5.41) is 0. The first-order valence-corrected chi connectivity index (χ1v) is 6.91. The Morgan fingerprint density at radius 2 is 2.00 bits per heavy atom. The minimum atomic E-state index is 0.260. The Balaban J connectivity index is 1.63. The van der Waals surface area contributed by atoms with Crippen molar-refractivity contribution in [2.45, 2.75) is 62.6 Å². The SMILES string of the molecule is N[C@@H]1CCN(C2CCOC3(CCCC3)C2)C1. The summed E-state index contributed by atoms with van der Waals surface area (Å²) in [5.41, 5.74) is 6.26. The van der Waals surface area contributed by atoms with Crippen LogP contribution in [0.5, 0.6) is 0 Å². The molecule has 2 atom stereocenters. The fourth-order valence-electron chi connectivity index (χ4n) is 3.83. The predicted octanol–water partition coefficient (Wildman–Crippen LogP) is 1.51. The molecule has 0 aromatic carbocycles. The molecule has 1 saturated carbocycles. The van der Waals surface area contributed by atoms with Gasteiger partial charge in [-0.3, -0.25) is 4.90 Å². The van der Waals surface area contributed by atoms with Crippen LogP contribution in [-0.2, 0) is 4.74 Å². The van der Waals surface area contributed by atoms with E-state index < -0.39 is 0 Å². The monoisotopic (exact) mass is 224 g/mol. The largest absolute Gasteiger partial charge is 0.375 e. The van der Waals surface area contributed by atoms with Crippen molar-refractivity contribution in [3.63, 3.8) is 0 Å². The molecule has 16 heavy (non-hydrogen) atoms. The summed E-state index contributed by atoms with van der Waals surface area (Å²) in [6, 6.07) is 1.17. The highest BCUT2D eigenvalue weighted by atomic mass is 16.5. The molecule has 0 aromatic heterocycles. The second-order valence-corrected chi connectivity index (χ2v) is 5.93. The maximum Gasteiger partial charge on any atom is 0.0697 e. The van der Waals surface area contributed by atoms with Gasteiger partial charge < -0.3 is 10.5 Å². The standard InChI is InChI=1S/C13H24N2O/c14-11-3-7-15(10-11)12-4-8-16-13(9-12)5-1-2-6-13/h11-12H,1-10,14H2/t11-,12?/m1/s1. The number of ether oxygens (including phenoxy) is 1. The lowest BCUT2D eigenvalue weighted by Gasteiger charge is -2.41. The van der Waals surface area contributed by atoms with E-state index in [1.54, 1.807) is 0 Å². The Labute approximate surface area is 98.3 Å². The van der Waals surface area contributed by atoms with Gasteiger partial charge in [-0.05, 0) is 32.1 Å². The number of hydrogen-bond acceptors (Lipinski definition) is 3. The van der Waals surface area contributed by atoms with E-state index in [4.69, 9.17) is 10.5 Å². The van der Waals surface area contributed by atoms with Gasteiger partial charge in [0.15, 0.2) is 0 Å². The Bertz CT molecular complexity index is 250. The quantitative estimate of drug-likeness (QED) is 0.734. The average Bonchev–Trinajstić information content (AvgIpc) is 2.89. The van der Waals surface area contributed by atoms with E-state index in [1.165, 1.54) is 51.5 Å². The van der Waals surface area contributed by atoms with Crippen LogP contribution in [0.15, 0.2) is 0 Å². The van der Waals surface area contributed by atoms with Crippen molar-refractivity contribution in [1.82, 2.24) is 4.90 Å². The van der Waals surface area contributed by atoms with Crippen LogP contribution in [0.2, 0.25) is 0 Å². The summed E-state index contributed by atoms with van der Waals surface area (Å²) < 4.78 is 6.09. The van der Waals surface area contributed by atoms with Crippen molar-refractivity contribution in [3.8, 4) is 0 Å². The molecule has 0 aromatic rings. The molecule has 2 saturated heterocycles. The highest BCUT2D eigenvalue weighted by Crippen LogP contribution is 2.41. The highest BCUT2D eigenvalue weighted by Gasteiger charge is 2.42. The predicted molar refractivity (Wildman–Crippen MR) is 64.3 cm³/mol. The molecule has 2 heterocycles. The number of rotatable bonds is 1. The van der Waals surface area contributed by atoms with E-state index in [0.29, 0.717) is 6.04 Å². The first kappa shape index (κ1) is 11.0. The summed E-state index contributed by atoms with van der Waals surface area (Å²) in [6.07, 6.45) is 8.99. The second kappa shape index (κ2) is 4.28. The van der Waals surface area contributed by atoms with E-state index in [2.05, 4.69) is 4.90 Å². The van der Waals surface area contributed by atoms with Gasteiger partial charge in [0.1, 0.15) is 0 Å². The molecule has 3 fully saturated rings. The summed E-state index contributed by atoms with van der Waals surface area (Å²) in [7, 11) is 0. The number of hydrogen-bond donors (Lipinski definition) is 1. The van der Waals surface area contributed by atoms with Crippen molar-refractivity contribution < 1.29 is 4.74 Å². The van der Waals surface area contributed by atoms with Crippen molar-refractivity contribution >= 4 is 0 Å². The van der Waals surface area contributed by atoms with E-state index in [9.17, 15) is 0 Å². The number of likely N-dealkylation sites (tertiary alicyclic amines) is 1. The zero-order valence-corrected chi connectivity index (χ0v) is 10.2. The Morgan fingerprint density at radius 1 is 1.19 bits per heavy atom. The third kappa shape index (κ3) is 2.01. The molecule has 0 radical (unpaired) electrons. The molecule has 1 aliphatic carbocycles. The molecule has 92 valence electrons. The zero-order chi connectivity index (χ0) is 11.0.